The SMILES string of the molecule is Nc1cc(C(=O)Nc2ccc3sccc3c2)c(F)cc1F. The van der Waals surface area contributed by atoms with Crippen LogP contribution < -0.4 is 11.1 Å². The van der Waals surface area contributed by atoms with Crippen LogP contribution in [0.15, 0.2) is 41.8 Å². The maximum Gasteiger partial charge on any atom is 0.258 e. The van der Waals surface area contributed by atoms with Crippen molar-refractivity contribution < 1.29 is 13.6 Å². The molecule has 0 spiro atoms. The number of benzene rings is 2. The highest BCUT2D eigenvalue weighted by molar-refractivity contribution is 7.17. The number of carbonyl (C=O) groups is 1. The molecule has 2 aromatic carbocycles. The van der Waals surface area contributed by atoms with Crippen LogP contribution >= 0.6 is 11.3 Å². The molecule has 3 rings (SSSR count). The number of carbonyl (C=O) groups excluding carboxylic acids is 1. The Morgan fingerprint density at radius 1 is 1.10 bits per heavy atom. The van der Waals surface area contributed by atoms with Crippen molar-refractivity contribution in [1.29, 1.82) is 0 Å². The summed E-state index contributed by atoms with van der Waals surface area (Å²) in [5, 5.41) is 5.50. The van der Waals surface area contributed by atoms with Crippen molar-refractivity contribution >= 4 is 38.7 Å². The zero-order valence-electron chi connectivity index (χ0n) is 10.7. The van der Waals surface area contributed by atoms with E-state index in [0.717, 1.165) is 16.2 Å². The van der Waals surface area contributed by atoms with E-state index in [0.29, 0.717) is 11.8 Å². The number of thiophene rings is 1. The van der Waals surface area contributed by atoms with Gasteiger partial charge in [-0.3, -0.25) is 4.79 Å². The van der Waals surface area contributed by atoms with E-state index in [1.165, 1.54) is 0 Å². The molecule has 0 aliphatic carbocycles. The van der Waals surface area contributed by atoms with Crippen molar-refractivity contribution in [2.75, 3.05) is 11.1 Å². The minimum atomic E-state index is -0.948. The van der Waals surface area contributed by atoms with Gasteiger partial charge in [-0.15, -0.1) is 11.3 Å². The van der Waals surface area contributed by atoms with Gasteiger partial charge in [-0.1, -0.05) is 0 Å². The average Bonchev–Trinajstić information content (AvgIpc) is 2.90. The van der Waals surface area contributed by atoms with Crippen molar-refractivity contribution in [3.63, 3.8) is 0 Å². The third kappa shape index (κ3) is 2.57. The Balaban J connectivity index is 1.90. The number of hydrogen-bond acceptors (Lipinski definition) is 3. The first-order chi connectivity index (χ1) is 10.0. The maximum absolute atomic E-state index is 13.6. The highest BCUT2D eigenvalue weighted by Crippen LogP contribution is 2.25. The van der Waals surface area contributed by atoms with E-state index in [4.69, 9.17) is 5.73 Å². The zero-order chi connectivity index (χ0) is 15.0. The first-order valence-corrected chi connectivity index (χ1v) is 6.95. The predicted molar refractivity (Wildman–Crippen MR) is 80.5 cm³/mol. The molecule has 3 nitrogen and oxygen atoms in total. The smallest absolute Gasteiger partial charge is 0.258 e. The summed E-state index contributed by atoms with van der Waals surface area (Å²) in [5.41, 5.74) is 5.34. The van der Waals surface area contributed by atoms with E-state index in [9.17, 15) is 13.6 Å². The summed E-state index contributed by atoms with van der Waals surface area (Å²) in [4.78, 5) is 12.0. The van der Waals surface area contributed by atoms with Gasteiger partial charge in [0.05, 0.1) is 11.3 Å². The highest BCUT2D eigenvalue weighted by atomic mass is 32.1. The number of rotatable bonds is 2. The van der Waals surface area contributed by atoms with Crippen molar-refractivity contribution in [3.05, 3.63) is 59.0 Å². The molecule has 3 N–H and O–H groups in total. The van der Waals surface area contributed by atoms with Crippen LogP contribution in [0.1, 0.15) is 10.4 Å². The molecule has 3 aromatic rings. The molecule has 0 fully saturated rings. The molecule has 0 saturated carbocycles. The lowest BCUT2D eigenvalue weighted by atomic mass is 10.1. The van der Waals surface area contributed by atoms with Gasteiger partial charge in [0.15, 0.2) is 0 Å². The number of nitrogen functional groups attached to an aromatic ring is 1. The fraction of sp³-hybridized carbons (Fsp3) is 0. The minimum Gasteiger partial charge on any atom is -0.396 e. The van der Waals surface area contributed by atoms with Crippen LogP contribution in [-0.2, 0) is 0 Å². The molecule has 0 unspecified atom stereocenters. The zero-order valence-corrected chi connectivity index (χ0v) is 11.5. The number of fused-ring (bicyclic) bond motifs is 1. The maximum atomic E-state index is 13.6. The first kappa shape index (κ1) is 13.5. The van der Waals surface area contributed by atoms with Crippen LogP contribution in [0.25, 0.3) is 10.1 Å². The highest BCUT2D eigenvalue weighted by Gasteiger charge is 2.15. The Bertz CT molecular complexity index is 845. The lowest BCUT2D eigenvalue weighted by molar-refractivity contribution is 0.102. The molecule has 1 aromatic heterocycles. The van der Waals surface area contributed by atoms with Gasteiger partial charge in [0, 0.05) is 16.5 Å². The average molecular weight is 304 g/mol. The fourth-order valence-electron chi connectivity index (χ4n) is 1.98. The number of halogens is 2. The van der Waals surface area contributed by atoms with Crippen molar-refractivity contribution in [2.45, 2.75) is 0 Å². The summed E-state index contributed by atoms with van der Waals surface area (Å²) >= 11 is 1.59. The molecule has 106 valence electrons. The summed E-state index contributed by atoms with van der Waals surface area (Å²) in [7, 11) is 0. The lowest BCUT2D eigenvalue weighted by Crippen LogP contribution is -2.14. The molecule has 1 amide bonds. The van der Waals surface area contributed by atoms with Crippen LogP contribution in [0, 0.1) is 11.6 Å². The number of hydrogen-bond donors (Lipinski definition) is 2. The third-order valence-electron chi connectivity index (χ3n) is 3.04. The molecule has 0 radical (unpaired) electrons. The Morgan fingerprint density at radius 3 is 2.71 bits per heavy atom. The summed E-state index contributed by atoms with van der Waals surface area (Å²) < 4.78 is 27.8. The molecular formula is C15H10F2N2OS. The fourth-order valence-corrected chi connectivity index (χ4v) is 2.75. The predicted octanol–water partition coefficient (Wildman–Crippen LogP) is 4.01. The molecule has 0 saturated heterocycles. The Labute approximate surface area is 123 Å². The molecule has 0 bridgehead atoms. The first-order valence-electron chi connectivity index (χ1n) is 6.08. The number of anilines is 2. The van der Waals surface area contributed by atoms with E-state index < -0.39 is 17.5 Å². The summed E-state index contributed by atoms with van der Waals surface area (Å²) in [6, 6.07) is 8.89. The Kier molecular flexibility index (Phi) is 3.31. The molecule has 21 heavy (non-hydrogen) atoms. The van der Waals surface area contributed by atoms with E-state index in [2.05, 4.69) is 5.32 Å². The van der Waals surface area contributed by atoms with Crippen LogP contribution in [0.5, 0.6) is 0 Å². The molecule has 6 heteroatoms. The number of nitrogens with one attached hydrogen (secondary N) is 1. The van der Waals surface area contributed by atoms with Crippen molar-refractivity contribution in [1.82, 2.24) is 0 Å². The Morgan fingerprint density at radius 2 is 1.90 bits per heavy atom. The second-order valence-electron chi connectivity index (χ2n) is 4.48. The number of amides is 1. The van der Waals surface area contributed by atoms with Gasteiger partial charge >= 0.3 is 0 Å². The van der Waals surface area contributed by atoms with Crippen LogP contribution in [0.3, 0.4) is 0 Å². The van der Waals surface area contributed by atoms with Crippen LogP contribution in [0.4, 0.5) is 20.2 Å². The summed E-state index contributed by atoms with van der Waals surface area (Å²) in [6.07, 6.45) is 0. The van der Waals surface area contributed by atoms with Crippen LogP contribution in [-0.4, -0.2) is 5.91 Å². The van der Waals surface area contributed by atoms with Crippen molar-refractivity contribution in [3.8, 4) is 0 Å². The van der Waals surface area contributed by atoms with E-state index in [1.54, 1.807) is 23.5 Å². The minimum absolute atomic E-state index is 0.269. The summed E-state index contributed by atoms with van der Waals surface area (Å²) in [5.74, 6) is -2.51. The van der Waals surface area contributed by atoms with Gasteiger partial charge in [-0.2, -0.15) is 0 Å². The molecular weight excluding hydrogens is 294 g/mol. The Hall–Kier alpha value is -2.47. The summed E-state index contributed by atoms with van der Waals surface area (Å²) in [6.45, 7) is 0. The molecule has 0 aliphatic heterocycles. The van der Waals surface area contributed by atoms with Crippen molar-refractivity contribution in [2.24, 2.45) is 0 Å². The van der Waals surface area contributed by atoms with Gasteiger partial charge in [0.25, 0.3) is 5.91 Å². The van der Waals surface area contributed by atoms with E-state index in [1.807, 2.05) is 17.5 Å². The molecule has 0 atom stereocenters. The van der Waals surface area contributed by atoms with Gasteiger partial charge in [-0.25, -0.2) is 8.78 Å². The largest absolute Gasteiger partial charge is 0.396 e. The molecule has 1 heterocycles. The standard InChI is InChI=1S/C15H10F2N2OS/c16-11-7-12(17)13(18)6-10(11)15(20)19-9-1-2-14-8(5-9)3-4-21-14/h1-7H,18H2,(H,19,20). The topological polar surface area (TPSA) is 55.1 Å². The van der Waals surface area contributed by atoms with Gasteiger partial charge in [0.1, 0.15) is 11.6 Å². The van der Waals surface area contributed by atoms with Gasteiger partial charge in [-0.05, 0) is 41.1 Å². The quantitative estimate of drug-likeness (QED) is 0.703. The van der Waals surface area contributed by atoms with E-state index in [-0.39, 0.29) is 11.3 Å². The van der Waals surface area contributed by atoms with Gasteiger partial charge < -0.3 is 11.1 Å². The van der Waals surface area contributed by atoms with E-state index >= 15 is 0 Å². The van der Waals surface area contributed by atoms with Gasteiger partial charge in [0.2, 0.25) is 0 Å². The number of nitrogens with two attached hydrogens (primary N) is 1. The second-order valence-corrected chi connectivity index (χ2v) is 5.43. The third-order valence-corrected chi connectivity index (χ3v) is 3.94. The lowest BCUT2D eigenvalue weighted by Gasteiger charge is -2.07. The second kappa shape index (κ2) is 5.14. The van der Waals surface area contributed by atoms with Crippen LogP contribution in [0.2, 0.25) is 0 Å². The normalized spacial score (nSPS) is 10.8. The monoisotopic (exact) mass is 304 g/mol. The molecule has 0 aliphatic rings.